The van der Waals surface area contributed by atoms with Gasteiger partial charge < -0.3 is 14.5 Å². The third-order valence-corrected chi connectivity index (χ3v) is 4.46. The van der Waals surface area contributed by atoms with Gasteiger partial charge in [-0.25, -0.2) is 0 Å². The Morgan fingerprint density at radius 1 is 1.26 bits per heavy atom. The van der Waals surface area contributed by atoms with Crippen LogP contribution in [0.4, 0.5) is 0 Å². The van der Waals surface area contributed by atoms with Gasteiger partial charge in [0.1, 0.15) is 5.52 Å². The minimum Gasteiger partial charge on any atom is -0.350 e. The predicted molar refractivity (Wildman–Crippen MR) is 92.9 cm³/mol. The largest absolute Gasteiger partial charge is 0.350 e. The van der Waals surface area contributed by atoms with Crippen LogP contribution < -0.4 is 10.9 Å². The summed E-state index contributed by atoms with van der Waals surface area (Å²) in [4.78, 5) is 25.3. The number of nitrogens with zero attached hydrogens (tertiary/aromatic N) is 2. The summed E-state index contributed by atoms with van der Waals surface area (Å²) in [6.07, 6.45) is 2.49. The number of aromatic nitrogens is 2. The van der Waals surface area contributed by atoms with E-state index in [0.717, 1.165) is 22.7 Å². The molecule has 0 aliphatic rings. The molecule has 3 rings (SSSR count). The van der Waals surface area contributed by atoms with Gasteiger partial charge in [-0.3, -0.25) is 9.59 Å². The smallest absolute Gasteiger partial charge is 0.274 e. The maximum Gasteiger partial charge on any atom is 0.274 e. The molecule has 5 nitrogen and oxygen atoms in total. The zero-order chi connectivity index (χ0) is 16.7. The first-order chi connectivity index (χ1) is 11.0. The minimum absolute atomic E-state index is 0.0877. The van der Waals surface area contributed by atoms with Crippen LogP contribution in [0.15, 0.2) is 35.3 Å². The van der Waals surface area contributed by atoms with E-state index in [4.69, 9.17) is 0 Å². The number of benzene rings is 1. The quantitative estimate of drug-likeness (QED) is 0.808. The zero-order valence-corrected chi connectivity index (χ0v) is 13.9. The molecule has 1 amide bonds. The second kappa shape index (κ2) is 5.57. The Labute approximate surface area is 134 Å². The van der Waals surface area contributed by atoms with Gasteiger partial charge >= 0.3 is 0 Å². The molecule has 1 atom stereocenters. The number of hydrogen-bond acceptors (Lipinski definition) is 2. The van der Waals surface area contributed by atoms with Crippen molar-refractivity contribution in [3.05, 3.63) is 46.4 Å². The summed E-state index contributed by atoms with van der Waals surface area (Å²) in [6.45, 7) is 4.00. The third-order valence-electron chi connectivity index (χ3n) is 4.46. The number of aryl methyl sites for hydroxylation is 2. The number of hydrogen-bond donors (Lipinski definition) is 1. The van der Waals surface area contributed by atoms with Gasteiger partial charge in [-0.15, -0.1) is 0 Å². The third kappa shape index (κ3) is 2.32. The molecule has 1 N–H and O–H groups in total. The molecule has 1 unspecified atom stereocenters. The van der Waals surface area contributed by atoms with E-state index >= 15 is 0 Å². The molecule has 2 heterocycles. The lowest BCUT2D eigenvalue weighted by atomic mass is 10.1. The average molecular weight is 311 g/mol. The lowest BCUT2D eigenvalue weighted by Crippen LogP contribution is -2.33. The van der Waals surface area contributed by atoms with E-state index in [0.29, 0.717) is 11.1 Å². The van der Waals surface area contributed by atoms with Gasteiger partial charge in [0.25, 0.3) is 11.5 Å². The molecule has 5 heteroatoms. The van der Waals surface area contributed by atoms with Crippen LogP contribution >= 0.6 is 0 Å². The second-order valence-corrected chi connectivity index (χ2v) is 6.04. The summed E-state index contributed by atoms with van der Waals surface area (Å²) in [6, 6.07) is 7.87. The molecule has 0 saturated carbocycles. The zero-order valence-electron chi connectivity index (χ0n) is 13.9. The van der Waals surface area contributed by atoms with E-state index < -0.39 is 0 Å². The van der Waals surface area contributed by atoms with E-state index in [1.165, 1.54) is 4.57 Å². The molecule has 2 aromatic heterocycles. The highest BCUT2D eigenvalue weighted by Gasteiger charge is 2.20. The molecule has 1 aromatic carbocycles. The van der Waals surface area contributed by atoms with Crippen molar-refractivity contribution in [2.75, 3.05) is 0 Å². The summed E-state index contributed by atoms with van der Waals surface area (Å²) in [7, 11) is 3.54. The van der Waals surface area contributed by atoms with Crippen molar-refractivity contribution in [1.29, 1.82) is 0 Å². The molecule has 3 aromatic rings. The number of carbonyl (C=O) groups excluding carboxylic acids is 1. The standard InChI is InChI=1S/C18H21N3O2/c1-5-11(2)19-17(22)13-10-20(3)18(23)16-15(13)12-8-6-7-9-14(12)21(16)4/h6-11H,5H2,1-4H3,(H,19,22). The first-order valence-corrected chi connectivity index (χ1v) is 7.83. The van der Waals surface area contributed by atoms with Gasteiger partial charge in [-0.2, -0.15) is 0 Å². The molecule has 0 bridgehead atoms. The molecule has 0 spiro atoms. The van der Waals surface area contributed by atoms with Gasteiger partial charge in [-0.05, 0) is 19.4 Å². The monoisotopic (exact) mass is 311 g/mol. The molecule has 0 fully saturated rings. The fourth-order valence-electron chi connectivity index (χ4n) is 2.98. The Morgan fingerprint density at radius 3 is 2.65 bits per heavy atom. The van der Waals surface area contributed by atoms with Crippen molar-refractivity contribution in [3.63, 3.8) is 0 Å². The fraction of sp³-hybridized carbons (Fsp3) is 0.333. The van der Waals surface area contributed by atoms with Crippen LogP contribution in [-0.4, -0.2) is 21.1 Å². The summed E-state index contributed by atoms with van der Waals surface area (Å²) in [5.41, 5.74) is 1.95. The van der Waals surface area contributed by atoms with E-state index in [9.17, 15) is 9.59 Å². The average Bonchev–Trinajstić information content (AvgIpc) is 2.84. The second-order valence-electron chi connectivity index (χ2n) is 6.04. The first kappa shape index (κ1) is 15.3. The number of fused-ring (bicyclic) bond motifs is 3. The Morgan fingerprint density at radius 2 is 1.96 bits per heavy atom. The molecule has 0 aliphatic heterocycles. The van der Waals surface area contributed by atoms with E-state index in [1.807, 2.05) is 49.7 Å². The number of carbonyl (C=O) groups is 1. The number of pyridine rings is 1. The molecule has 0 aliphatic carbocycles. The Balaban J connectivity index is 2.39. The van der Waals surface area contributed by atoms with Gasteiger partial charge in [0, 0.05) is 42.6 Å². The van der Waals surface area contributed by atoms with Crippen LogP contribution in [0.1, 0.15) is 30.6 Å². The maximum absolute atomic E-state index is 12.7. The Bertz CT molecular complexity index is 966. The van der Waals surface area contributed by atoms with Crippen LogP contribution in [0.3, 0.4) is 0 Å². The van der Waals surface area contributed by atoms with Crippen molar-refractivity contribution < 1.29 is 4.79 Å². The highest BCUT2D eigenvalue weighted by Crippen LogP contribution is 2.28. The SMILES string of the molecule is CCC(C)NC(=O)c1cn(C)c(=O)c2c1c1ccccc1n2C. The van der Waals surface area contributed by atoms with Gasteiger partial charge in [-0.1, -0.05) is 25.1 Å². The Kier molecular flexibility index (Phi) is 3.72. The minimum atomic E-state index is -0.142. The summed E-state index contributed by atoms with van der Waals surface area (Å²) in [5, 5.41) is 4.65. The van der Waals surface area contributed by atoms with E-state index in [2.05, 4.69) is 5.32 Å². The summed E-state index contributed by atoms with van der Waals surface area (Å²) in [5.74, 6) is -0.142. The molecule has 120 valence electrons. The molecule has 0 radical (unpaired) electrons. The van der Waals surface area contributed by atoms with Crippen molar-refractivity contribution >= 4 is 27.7 Å². The molecule has 0 saturated heterocycles. The summed E-state index contributed by atoms with van der Waals surface area (Å²) < 4.78 is 3.35. The highest BCUT2D eigenvalue weighted by molar-refractivity contribution is 6.17. The maximum atomic E-state index is 12.7. The van der Waals surface area contributed by atoms with E-state index in [1.54, 1.807) is 13.2 Å². The first-order valence-electron chi connectivity index (χ1n) is 7.83. The van der Waals surface area contributed by atoms with Crippen molar-refractivity contribution in [1.82, 2.24) is 14.5 Å². The molecular weight excluding hydrogens is 290 g/mol. The van der Waals surface area contributed by atoms with Crippen LogP contribution in [0.5, 0.6) is 0 Å². The number of rotatable bonds is 3. The van der Waals surface area contributed by atoms with Crippen LogP contribution in [0.25, 0.3) is 21.8 Å². The normalized spacial score (nSPS) is 12.7. The van der Waals surface area contributed by atoms with Gasteiger partial charge in [0.2, 0.25) is 0 Å². The number of nitrogens with one attached hydrogen (secondary N) is 1. The molecular formula is C18H21N3O2. The van der Waals surface area contributed by atoms with Crippen molar-refractivity contribution in [2.24, 2.45) is 14.1 Å². The number of para-hydroxylation sites is 1. The van der Waals surface area contributed by atoms with Crippen LogP contribution in [0.2, 0.25) is 0 Å². The van der Waals surface area contributed by atoms with Crippen LogP contribution in [0, 0.1) is 0 Å². The number of amides is 1. The lowest BCUT2D eigenvalue weighted by molar-refractivity contribution is 0.0940. The van der Waals surface area contributed by atoms with E-state index in [-0.39, 0.29) is 17.5 Å². The highest BCUT2D eigenvalue weighted by atomic mass is 16.2. The van der Waals surface area contributed by atoms with Gasteiger partial charge in [0.05, 0.1) is 5.56 Å². The van der Waals surface area contributed by atoms with Crippen LogP contribution in [-0.2, 0) is 14.1 Å². The van der Waals surface area contributed by atoms with Crippen molar-refractivity contribution in [3.8, 4) is 0 Å². The fourth-order valence-corrected chi connectivity index (χ4v) is 2.98. The predicted octanol–water partition coefficient (Wildman–Crippen LogP) is 2.56. The van der Waals surface area contributed by atoms with Gasteiger partial charge in [0.15, 0.2) is 0 Å². The Hall–Kier alpha value is -2.56. The summed E-state index contributed by atoms with van der Waals surface area (Å²) >= 11 is 0. The van der Waals surface area contributed by atoms with Crippen molar-refractivity contribution in [2.45, 2.75) is 26.3 Å². The lowest BCUT2D eigenvalue weighted by Gasteiger charge is -2.13. The topological polar surface area (TPSA) is 56.0 Å². The molecule has 23 heavy (non-hydrogen) atoms.